The normalized spacial score (nSPS) is 13.0. The number of benzene rings is 1. The van der Waals surface area contributed by atoms with Crippen LogP contribution in [0, 0.1) is 0 Å². The van der Waals surface area contributed by atoms with Crippen LogP contribution in [0.5, 0.6) is 0 Å². The van der Waals surface area contributed by atoms with E-state index in [1.807, 2.05) is 0 Å². The Hall–Kier alpha value is -2.12. The highest BCUT2D eigenvalue weighted by Gasteiger charge is 2.49. The van der Waals surface area contributed by atoms with Gasteiger partial charge in [-0.3, -0.25) is 4.79 Å². The van der Waals surface area contributed by atoms with Gasteiger partial charge in [0, 0.05) is 0 Å². The lowest BCUT2D eigenvalue weighted by Gasteiger charge is -2.19. The highest BCUT2D eigenvalue weighted by Crippen LogP contribution is 2.23. The van der Waals surface area contributed by atoms with Gasteiger partial charge in [-0.15, -0.1) is 0 Å². The number of amides is 1. The highest BCUT2D eigenvalue weighted by atomic mass is 19.3. The molecule has 0 fully saturated rings. The monoisotopic (exact) mass is 307 g/mol. The Bertz CT molecular complexity index is 493. The summed E-state index contributed by atoms with van der Waals surface area (Å²) in [6, 6.07) is 6.86. The van der Waals surface area contributed by atoms with E-state index in [-0.39, 0.29) is 12.8 Å². The average Bonchev–Trinajstić information content (AvgIpc) is 2.43. The van der Waals surface area contributed by atoms with Gasteiger partial charge >= 0.3 is 18.3 Å². The molecule has 1 aromatic rings. The number of halogens is 4. The van der Waals surface area contributed by atoms with Gasteiger partial charge < -0.3 is 10.4 Å². The molecule has 0 saturated heterocycles. The fourth-order valence-electron chi connectivity index (χ4n) is 1.57. The molecule has 0 spiro atoms. The molecular weight excluding hydrogens is 294 g/mol. The number of aryl methyl sites for hydroxylation is 1. The number of carbonyl (C=O) groups excluding carboxylic acids is 1. The van der Waals surface area contributed by atoms with Gasteiger partial charge in [0.1, 0.15) is 6.04 Å². The third kappa shape index (κ3) is 4.73. The average molecular weight is 307 g/mol. The first-order valence-corrected chi connectivity index (χ1v) is 5.98. The van der Waals surface area contributed by atoms with Crippen molar-refractivity contribution in [3.8, 4) is 0 Å². The first-order chi connectivity index (χ1) is 9.75. The topological polar surface area (TPSA) is 66.4 Å². The van der Waals surface area contributed by atoms with Crippen LogP contribution in [-0.4, -0.2) is 35.4 Å². The van der Waals surface area contributed by atoms with Gasteiger partial charge in [-0.2, -0.15) is 8.78 Å². The molecule has 1 rings (SSSR count). The summed E-state index contributed by atoms with van der Waals surface area (Å²) in [5.74, 6) is -8.78. The zero-order valence-electron chi connectivity index (χ0n) is 10.7. The van der Waals surface area contributed by atoms with Crippen molar-refractivity contribution in [2.45, 2.75) is 31.2 Å². The van der Waals surface area contributed by atoms with Gasteiger partial charge in [0.05, 0.1) is 0 Å². The van der Waals surface area contributed by atoms with Crippen LogP contribution in [0.25, 0.3) is 0 Å². The van der Waals surface area contributed by atoms with Gasteiger partial charge in [0.2, 0.25) is 0 Å². The van der Waals surface area contributed by atoms with Crippen LogP contribution >= 0.6 is 0 Å². The Labute approximate surface area is 117 Å². The van der Waals surface area contributed by atoms with Crippen LogP contribution in [0.1, 0.15) is 12.0 Å². The molecule has 1 aromatic carbocycles. The lowest BCUT2D eigenvalue weighted by molar-refractivity contribution is -0.171. The summed E-state index contributed by atoms with van der Waals surface area (Å²) in [5.41, 5.74) is 0.735. The van der Waals surface area contributed by atoms with E-state index in [1.54, 1.807) is 30.3 Å². The van der Waals surface area contributed by atoms with Crippen LogP contribution in [0.2, 0.25) is 0 Å². The standard InChI is InChI=1S/C13H13F4NO3/c14-11(15)13(16,17)12(21)18-9(10(19)20)7-6-8-4-2-1-3-5-8/h1-5,9,11H,6-7H2,(H,18,21)(H,19,20). The van der Waals surface area contributed by atoms with Gasteiger partial charge in [0.15, 0.2) is 0 Å². The Kier molecular flexibility index (Phi) is 5.69. The SMILES string of the molecule is O=C(O)C(CCc1ccccc1)NC(=O)C(F)(F)C(F)F. The van der Waals surface area contributed by atoms with E-state index in [1.165, 1.54) is 5.32 Å². The summed E-state index contributed by atoms with van der Waals surface area (Å²) in [6.45, 7) is 0. The summed E-state index contributed by atoms with van der Waals surface area (Å²) < 4.78 is 49.6. The van der Waals surface area contributed by atoms with Crippen molar-refractivity contribution in [1.29, 1.82) is 0 Å². The minimum Gasteiger partial charge on any atom is -0.480 e. The Balaban J connectivity index is 2.66. The van der Waals surface area contributed by atoms with Crippen molar-refractivity contribution in [3.63, 3.8) is 0 Å². The molecule has 21 heavy (non-hydrogen) atoms. The molecule has 0 bridgehead atoms. The second-order valence-electron chi connectivity index (χ2n) is 4.31. The molecule has 0 aliphatic heterocycles. The fourth-order valence-corrected chi connectivity index (χ4v) is 1.57. The third-order valence-electron chi connectivity index (χ3n) is 2.74. The number of hydrogen-bond donors (Lipinski definition) is 2. The summed E-state index contributed by atoms with van der Waals surface area (Å²) in [6.07, 6.45) is -4.19. The molecule has 116 valence electrons. The first kappa shape index (κ1) is 16.9. The molecule has 0 aromatic heterocycles. The molecule has 0 aliphatic carbocycles. The number of hydrogen-bond acceptors (Lipinski definition) is 2. The molecule has 0 heterocycles. The van der Waals surface area contributed by atoms with Crippen molar-refractivity contribution in [1.82, 2.24) is 5.32 Å². The number of aliphatic carboxylic acids is 1. The molecule has 0 radical (unpaired) electrons. The number of nitrogens with one attached hydrogen (secondary N) is 1. The number of carbonyl (C=O) groups is 2. The van der Waals surface area contributed by atoms with Crippen molar-refractivity contribution in [2.75, 3.05) is 0 Å². The predicted molar refractivity (Wildman–Crippen MR) is 65.3 cm³/mol. The lowest BCUT2D eigenvalue weighted by Crippen LogP contribution is -2.51. The van der Waals surface area contributed by atoms with E-state index in [0.717, 1.165) is 5.56 Å². The number of carboxylic acids is 1. The number of carboxylic acid groups (broad SMARTS) is 1. The van der Waals surface area contributed by atoms with Crippen molar-refractivity contribution in [3.05, 3.63) is 35.9 Å². The van der Waals surface area contributed by atoms with Crippen molar-refractivity contribution < 1.29 is 32.3 Å². The summed E-state index contributed by atoms with van der Waals surface area (Å²) in [4.78, 5) is 21.9. The maximum absolute atomic E-state index is 12.8. The molecule has 0 aliphatic rings. The van der Waals surface area contributed by atoms with Gasteiger partial charge in [0.25, 0.3) is 5.91 Å². The second kappa shape index (κ2) is 7.05. The van der Waals surface area contributed by atoms with Crippen LogP contribution in [-0.2, 0) is 16.0 Å². The maximum atomic E-state index is 12.8. The molecular formula is C13H13F4NO3. The molecule has 1 atom stereocenters. The quantitative estimate of drug-likeness (QED) is 0.758. The molecule has 2 N–H and O–H groups in total. The minimum atomic E-state index is -4.92. The molecule has 1 amide bonds. The summed E-state index contributed by atoms with van der Waals surface area (Å²) in [5, 5.41) is 10.3. The van der Waals surface area contributed by atoms with Gasteiger partial charge in [-0.05, 0) is 18.4 Å². The lowest BCUT2D eigenvalue weighted by atomic mass is 10.1. The Morgan fingerprint density at radius 3 is 2.24 bits per heavy atom. The van der Waals surface area contributed by atoms with Gasteiger partial charge in [-0.1, -0.05) is 30.3 Å². The fraction of sp³-hybridized carbons (Fsp3) is 0.385. The number of rotatable bonds is 7. The first-order valence-electron chi connectivity index (χ1n) is 5.98. The largest absolute Gasteiger partial charge is 0.480 e. The van der Waals surface area contributed by atoms with E-state index in [0.29, 0.717) is 0 Å². The third-order valence-corrected chi connectivity index (χ3v) is 2.74. The maximum Gasteiger partial charge on any atom is 0.383 e. The molecule has 8 heteroatoms. The second-order valence-corrected chi connectivity index (χ2v) is 4.31. The van der Waals surface area contributed by atoms with E-state index in [9.17, 15) is 27.2 Å². The Morgan fingerprint density at radius 2 is 1.76 bits per heavy atom. The molecule has 1 unspecified atom stereocenters. The highest BCUT2D eigenvalue weighted by molar-refractivity contribution is 5.88. The van der Waals surface area contributed by atoms with Crippen molar-refractivity contribution in [2.24, 2.45) is 0 Å². The Morgan fingerprint density at radius 1 is 1.19 bits per heavy atom. The van der Waals surface area contributed by atoms with Crippen molar-refractivity contribution >= 4 is 11.9 Å². The molecule has 0 saturated carbocycles. The summed E-state index contributed by atoms with van der Waals surface area (Å²) >= 11 is 0. The zero-order valence-corrected chi connectivity index (χ0v) is 10.7. The van der Waals surface area contributed by atoms with E-state index < -0.39 is 30.3 Å². The minimum absolute atomic E-state index is 0.190. The van der Waals surface area contributed by atoms with E-state index >= 15 is 0 Å². The van der Waals surface area contributed by atoms with Crippen LogP contribution in [0.4, 0.5) is 17.6 Å². The number of alkyl halides is 4. The van der Waals surface area contributed by atoms with Gasteiger partial charge in [-0.25, -0.2) is 13.6 Å². The summed E-state index contributed by atoms with van der Waals surface area (Å²) in [7, 11) is 0. The predicted octanol–water partition coefficient (Wildman–Crippen LogP) is 2.09. The van der Waals surface area contributed by atoms with Crippen LogP contribution in [0.15, 0.2) is 30.3 Å². The molecule has 4 nitrogen and oxygen atoms in total. The van der Waals surface area contributed by atoms with E-state index in [2.05, 4.69) is 0 Å². The van der Waals surface area contributed by atoms with Crippen LogP contribution < -0.4 is 5.32 Å². The smallest absolute Gasteiger partial charge is 0.383 e. The van der Waals surface area contributed by atoms with E-state index in [4.69, 9.17) is 5.11 Å². The van der Waals surface area contributed by atoms with Crippen LogP contribution in [0.3, 0.4) is 0 Å². The zero-order chi connectivity index (χ0) is 16.0.